The Morgan fingerprint density at radius 1 is 1.09 bits per heavy atom. The Morgan fingerprint density at radius 2 is 1.91 bits per heavy atom. The summed E-state index contributed by atoms with van der Waals surface area (Å²) >= 11 is 1.47. The van der Waals surface area contributed by atoms with Crippen molar-refractivity contribution in [3.63, 3.8) is 0 Å². The molecule has 3 rings (SSSR count). The molecule has 0 saturated carbocycles. The molecular weight excluding hydrogens is 311 g/mol. The average molecular weight is 326 g/mol. The van der Waals surface area contributed by atoms with E-state index in [4.69, 9.17) is 5.84 Å². The number of halogens is 1. The second-order valence-corrected chi connectivity index (χ2v) is 5.80. The fourth-order valence-electron chi connectivity index (χ4n) is 2.07. The molecule has 4 nitrogen and oxygen atoms in total. The van der Waals surface area contributed by atoms with Gasteiger partial charge in [0.05, 0.1) is 0 Å². The third kappa shape index (κ3) is 3.78. The molecule has 116 valence electrons. The Morgan fingerprint density at radius 3 is 2.70 bits per heavy atom. The van der Waals surface area contributed by atoms with Crippen LogP contribution in [-0.4, -0.2) is 20.6 Å². The standard InChI is InChI=1S/C17H15FN4S/c18-15-10-4-9-14(12-15)16-20-21-17(22(16)19)23-11-5-8-13-6-2-1-3-7-13/h1-10,12H,11,19H2. The second-order valence-electron chi connectivity index (χ2n) is 4.81. The topological polar surface area (TPSA) is 56.7 Å². The molecule has 0 atom stereocenters. The summed E-state index contributed by atoms with van der Waals surface area (Å²) in [5.74, 6) is 6.83. The minimum atomic E-state index is -0.328. The minimum absolute atomic E-state index is 0.328. The predicted molar refractivity (Wildman–Crippen MR) is 91.8 cm³/mol. The van der Waals surface area contributed by atoms with Crippen molar-refractivity contribution in [3.05, 3.63) is 72.1 Å². The average Bonchev–Trinajstić information content (AvgIpc) is 2.93. The van der Waals surface area contributed by atoms with Crippen LogP contribution < -0.4 is 5.84 Å². The van der Waals surface area contributed by atoms with Crippen LogP contribution in [-0.2, 0) is 0 Å². The first-order chi connectivity index (χ1) is 11.2. The highest BCUT2D eigenvalue weighted by molar-refractivity contribution is 7.99. The van der Waals surface area contributed by atoms with Crippen LogP contribution in [0.25, 0.3) is 17.5 Å². The van der Waals surface area contributed by atoms with E-state index in [0.29, 0.717) is 22.3 Å². The Labute approximate surface area is 137 Å². The van der Waals surface area contributed by atoms with E-state index >= 15 is 0 Å². The van der Waals surface area contributed by atoms with Gasteiger partial charge in [0.2, 0.25) is 5.16 Å². The van der Waals surface area contributed by atoms with Gasteiger partial charge in [-0.05, 0) is 17.7 Å². The van der Waals surface area contributed by atoms with Crippen molar-refractivity contribution in [2.75, 3.05) is 11.6 Å². The van der Waals surface area contributed by atoms with Gasteiger partial charge in [-0.3, -0.25) is 0 Å². The summed E-state index contributed by atoms with van der Waals surface area (Å²) < 4.78 is 14.7. The normalized spacial score (nSPS) is 11.2. The summed E-state index contributed by atoms with van der Waals surface area (Å²) in [6.07, 6.45) is 4.08. The lowest BCUT2D eigenvalue weighted by molar-refractivity contribution is 0.628. The summed E-state index contributed by atoms with van der Waals surface area (Å²) in [6.45, 7) is 0. The quantitative estimate of drug-likeness (QED) is 0.575. The van der Waals surface area contributed by atoms with E-state index < -0.39 is 0 Å². The minimum Gasteiger partial charge on any atom is -0.335 e. The second kappa shape index (κ2) is 7.11. The van der Waals surface area contributed by atoms with Crippen molar-refractivity contribution in [2.24, 2.45) is 0 Å². The van der Waals surface area contributed by atoms with Crippen LogP contribution in [0.1, 0.15) is 5.56 Å². The van der Waals surface area contributed by atoms with Crippen molar-refractivity contribution in [1.29, 1.82) is 0 Å². The van der Waals surface area contributed by atoms with Gasteiger partial charge in [0, 0.05) is 11.3 Å². The highest BCUT2D eigenvalue weighted by atomic mass is 32.2. The molecule has 0 saturated heterocycles. The SMILES string of the molecule is Nn1c(SCC=Cc2ccccc2)nnc1-c1cccc(F)c1. The molecule has 0 amide bonds. The molecule has 0 radical (unpaired) electrons. The lowest BCUT2D eigenvalue weighted by atomic mass is 10.2. The van der Waals surface area contributed by atoms with Crippen molar-refractivity contribution in [3.8, 4) is 11.4 Å². The summed E-state index contributed by atoms with van der Waals surface area (Å²) in [5, 5.41) is 8.69. The number of nitrogens with two attached hydrogens (primary N) is 1. The van der Waals surface area contributed by atoms with E-state index in [9.17, 15) is 4.39 Å². The number of nitrogens with zero attached hydrogens (tertiary/aromatic N) is 3. The number of aromatic nitrogens is 3. The number of benzene rings is 2. The Kier molecular flexibility index (Phi) is 4.73. The first-order valence-corrected chi connectivity index (χ1v) is 8.03. The van der Waals surface area contributed by atoms with Crippen LogP contribution in [0.3, 0.4) is 0 Å². The van der Waals surface area contributed by atoms with Gasteiger partial charge in [-0.25, -0.2) is 9.07 Å². The summed E-state index contributed by atoms with van der Waals surface area (Å²) in [4.78, 5) is 0. The highest BCUT2D eigenvalue weighted by Crippen LogP contribution is 2.22. The Balaban J connectivity index is 1.67. The van der Waals surface area contributed by atoms with Gasteiger partial charge < -0.3 is 5.84 Å². The van der Waals surface area contributed by atoms with Crippen LogP contribution in [0.15, 0.2) is 65.8 Å². The van der Waals surface area contributed by atoms with E-state index in [1.54, 1.807) is 12.1 Å². The fourth-order valence-corrected chi connectivity index (χ4v) is 2.74. The van der Waals surface area contributed by atoms with Gasteiger partial charge in [0.25, 0.3) is 0 Å². The third-order valence-electron chi connectivity index (χ3n) is 3.17. The Hall–Kier alpha value is -2.60. The van der Waals surface area contributed by atoms with Crippen molar-refractivity contribution in [2.45, 2.75) is 5.16 Å². The molecule has 0 aliphatic rings. The van der Waals surface area contributed by atoms with Crippen molar-refractivity contribution >= 4 is 17.8 Å². The molecule has 0 unspecified atom stereocenters. The van der Waals surface area contributed by atoms with Gasteiger partial charge in [-0.2, -0.15) is 0 Å². The van der Waals surface area contributed by atoms with E-state index in [2.05, 4.69) is 10.2 Å². The monoisotopic (exact) mass is 326 g/mol. The molecule has 2 N–H and O–H groups in total. The molecule has 6 heteroatoms. The molecule has 0 aliphatic carbocycles. The van der Waals surface area contributed by atoms with Crippen LogP contribution in [0.4, 0.5) is 4.39 Å². The van der Waals surface area contributed by atoms with Gasteiger partial charge in [-0.1, -0.05) is 66.4 Å². The zero-order valence-electron chi connectivity index (χ0n) is 12.3. The zero-order chi connectivity index (χ0) is 16.1. The Bertz CT molecular complexity index is 814. The molecule has 23 heavy (non-hydrogen) atoms. The highest BCUT2D eigenvalue weighted by Gasteiger charge is 2.11. The summed E-state index contributed by atoms with van der Waals surface area (Å²) in [6, 6.07) is 16.2. The van der Waals surface area contributed by atoms with Crippen molar-refractivity contribution in [1.82, 2.24) is 14.9 Å². The smallest absolute Gasteiger partial charge is 0.210 e. The van der Waals surface area contributed by atoms with Gasteiger partial charge >= 0.3 is 0 Å². The predicted octanol–water partition coefficient (Wildman–Crippen LogP) is 3.60. The molecule has 0 aliphatic heterocycles. The molecule has 3 aromatic rings. The molecule has 1 heterocycles. The lowest BCUT2D eigenvalue weighted by Gasteiger charge is -2.02. The van der Waals surface area contributed by atoms with Gasteiger partial charge in [-0.15, -0.1) is 10.2 Å². The molecule has 0 fully saturated rings. The largest absolute Gasteiger partial charge is 0.335 e. The fraction of sp³-hybridized carbons (Fsp3) is 0.0588. The summed E-state index contributed by atoms with van der Waals surface area (Å²) in [7, 11) is 0. The molecular formula is C17H15FN4S. The van der Waals surface area contributed by atoms with Crippen LogP contribution in [0.5, 0.6) is 0 Å². The van der Waals surface area contributed by atoms with Crippen LogP contribution in [0, 0.1) is 5.82 Å². The van der Waals surface area contributed by atoms with Crippen molar-refractivity contribution < 1.29 is 4.39 Å². The summed E-state index contributed by atoms with van der Waals surface area (Å²) in [5.41, 5.74) is 1.74. The van der Waals surface area contributed by atoms with Crippen LogP contribution in [0.2, 0.25) is 0 Å². The molecule has 0 bridgehead atoms. The molecule has 2 aromatic carbocycles. The van der Waals surface area contributed by atoms with E-state index in [1.807, 2.05) is 42.5 Å². The first kappa shape index (κ1) is 15.3. The van der Waals surface area contributed by atoms with Crippen LogP contribution >= 0.6 is 11.8 Å². The lowest BCUT2D eigenvalue weighted by Crippen LogP contribution is -2.11. The third-order valence-corrected chi connectivity index (χ3v) is 4.06. The van der Waals surface area contributed by atoms with Gasteiger partial charge in [0.15, 0.2) is 5.82 Å². The zero-order valence-corrected chi connectivity index (χ0v) is 13.1. The maximum atomic E-state index is 13.3. The van der Waals surface area contributed by atoms with E-state index in [-0.39, 0.29) is 5.82 Å². The van der Waals surface area contributed by atoms with E-state index in [0.717, 1.165) is 5.56 Å². The number of thioether (sulfide) groups is 1. The number of rotatable bonds is 5. The van der Waals surface area contributed by atoms with E-state index in [1.165, 1.54) is 28.6 Å². The number of hydrogen-bond acceptors (Lipinski definition) is 4. The first-order valence-electron chi connectivity index (χ1n) is 7.05. The maximum Gasteiger partial charge on any atom is 0.210 e. The number of nitrogen functional groups attached to an aromatic ring is 1. The molecule has 0 spiro atoms. The van der Waals surface area contributed by atoms with Gasteiger partial charge in [0.1, 0.15) is 5.82 Å². The maximum absolute atomic E-state index is 13.3. The number of hydrogen-bond donors (Lipinski definition) is 1. The molecule has 1 aromatic heterocycles.